The van der Waals surface area contributed by atoms with Gasteiger partial charge in [0, 0.05) is 11.5 Å². The zero-order valence-electron chi connectivity index (χ0n) is 14.3. The highest BCUT2D eigenvalue weighted by atomic mass is 16.5. The summed E-state index contributed by atoms with van der Waals surface area (Å²) in [5, 5.41) is 8.38. The molecule has 0 unspecified atom stereocenters. The first-order chi connectivity index (χ1) is 11.3. The maximum Gasteiger partial charge on any atom is 0.278 e. The van der Waals surface area contributed by atoms with E-state index in [4.69, 9.17) is 4.52 Å². The summed E-state index contributed by atoms with van der Waals surface area (Å²) in [6.07, 6.45) is 0. The Balaban J connectivity index is 1.96. The van der Waals surface area contributed by atoms with Gasteiger partial charge in [0.25, 0.3) is 11.4 Å². The lowest BCUT2D eigenvalue weighted by atomic mass is 9.96. The molecule has 0 fully saturated rings. The Morgan fingerprint density at radius 1 is 1.12 bits per heavy atom. The summed E-state index contributed by atoms with van der Waals surface area (Å²) in [4.78, 5) is 16.5. The van der Waals surface area contributed by atoms with Crippen LogP contribution < -0.4 is 5.56 Å². The Labute approximate surface area is 140 Å². The predicted octanol–water partition coefficient (Wildman–Crippen LogP) is 2.95. The van der Waals surface area contributed by atoms with Crippen LogP contribution in [-0.2, 0) is 12.0 Å². The van der Waals surface area contributed by atoms with Crippen molar-refractivity contribution in [3.63, 3.8) is 0 Å². The topological polar surface area (TPSA) is 73.8 Å². The van der Waals surface area contributed by atoms with E-state index in [0.717, 1.165) is 11.1 Å². The van der Waals surface area contributed by atoms with Crippen LogP contribution in [0.1, 0.15) is 37.7 Å². The first kappa shape index (κ1) is 16.1. The van der Waals surface area contributed by atoms with Crippen LogP contribution in [0.5, 0.6) is 0 Å². The third-order valence-electron chi connectivity index (χ3n) is 3.76. The molecule has 0 saturated carbocycles. The fraction of sp³-hybridized carbons (Fsp3) is 0.333. The molecule has 0 atom stereocenters. The minimum absolute atomic E-state index is 0.169. The molecule has 3 aromatic rings. The van der Waals surface area contributed by atoms with Crippen LogP contribution >= 0.6 is 0 Å². The van der Waals surface area contributed by atoms with Crippen molar-refractivity contribution in [2.24, 2.45) is 0 Å². The van der Waals surface area contributed by atoms with Gasteiger partial charge in [0.05, 0.1) is 6.54 Å². The van der Waals surface area contributed by atoms with E-state index in [1.165, 1.54) is 10.7 Å². The molecule has 0 aliphatic heterocycles. The number of rotatable bonds is 3. The normalized spacial score (nSPS) is 11.7. The van der Waals surface area contributed by atoms with E-state index in [1.54, 1.807) is 6.07 Å². The van der Waals surface area contributed by atoms with Gasteiger partial charge in [0.2, 0.25) is 0 Å². The predicted molar refractivity (Wildman–Crippen MR) is 90.8 cm³/mol. The largest absolute Gasteiger partial charge is 0.332 e. The molecular weight excluding hydrogens is 304 g/mol. The fourth-order valence-corrected chi connectivity index (χ4v) is 2.26. The van der Waals surface area contributed by atoms with E-state index in [1.807, 2.05) is 52.0 Å². The van der Waals surface area contributed by atoms with E-state index < -0.39 is 0 Å². The summed E-state index contributed by atoms with van der Waals surface area (Å²) < 4.78 is 6.72. The number of aryl methyl sites for hydroxylation is 1. The van der Waals surface area contributed by atoms with Gasteiger partial charge in [0.1, 0.15) is 5.69 Å². The average molecular weight is 324 g/mol. The molecule has 3 rings (SSSR count). The molecule has 0 amide bonds. The fourth-order valence-electron chi connectivity index (χ4n) is 2.26. The second kappa shape index (κ2) is 6.03. The molecule has 24 heavy (non-hydrogen) atoms. The minimum atomic E-state index is -0.211. The molecular formula is C18H20N4O2. The third kappa shape index (κ3) is 3.27. The molecule has 6 heteroatoms. The zero-order valence-corrected chi connectivity index (χ0v) is 14.3. The first-order valence-corrected chi connectivity index (χ1v) is 7.82. The monoisotopic (exact) mass is 324 g/mol. The van der Waals surface area contributed by atoms with E-state index >= 15 is 0 Å². The van der Waals surface area contributed by atoms with Crippen LogP contribution in [0.3, 0.4) is 0 Å². The van der Waals surface area contributed by atoms with E-state index in [0.29, 0.717) is 24.0 Å². The second-order valence-electron chi connectivity index (χ2n) is 6.81. The Kier molecular flexibility index (Phi) is 4.05. The number of benzene rings is 1. The van der Waals surface area contributed by atoms with Gasteiger partial charge in [-0.15, -0.1) is 0 Å². The summed E-state index contributed by atoms with van der Waals surface area (Å²) in [6, 6.07) is 11.0. The van der Waals surface area contributed by atoms with E-state index in [9.17, 15) is 4.79 Å². The van der Waals surface area contributed by atoms with Crippen molar-refractivity contribution in [2.45, 2.75) is 39.7 Å². The Hall–Kier alpha value is -2.76. The smallest absolute Gasteiger partial charge is 0.278 e. The molecule has 0 saturated heterocycles. The van der Waals surface area contributed by atoms with Crippen molar-refractivity contribution in [3.8, 4) is 11.6 Å². The molecule has 0 radical (unpaired) electrons. The molecule has 0 spiro atoms. The molecule has 2 aromatic heterocycles. The Morgan fingerprint density at radius 3 is 2.54 bits per heavy atom. The number of nitrogens with zero attached hydrogens (tertiary/aromatic N) is 4. The molecule has 1 aromatic carbocycles. The molecule has 124 valence electrons. The van der Waals surface area contributed by atoms with Crippen LogP contribution in [0, 0.1) is 6.92 Å². The van der Waals surface area contributed by atoms with Crippen molar-refractivity contribution >= 4 is 0 Å². The third-order valence-corrected chi connectivity index (χ3v) is 3.76. The SMILES string of the molecule is Cc1ccccc1Cn1nc(-c2nc(C(C)(C)C)no2)ccc1=O. The van der Waals surface area contributed by atoms with Crippen LogP contribution in [0.15, 0.2) is 45.7 Å². The van der Waals surface area contributed by atoms with Crippen LogP contribution in [0.4, 0.5) is 0 Å². The molecule has 0 aliphatic rings. The number of hydrogen-bond donors (Lipinski definition) is 0. The summed E-state index contributed by atoms with van der Waals surface area (Å²) in [5.74, 6) is 0.925. The minimum Gasteiger partial charge on any atom is -0.332 e. The Morgan fingerprint density at radius 2 is 1.88 bits per heavy atom. The van der Waals surface area contributed by atoms with Crippen molar-refractivity contribution in [3.05, 3.63) is 63.7 Å². The quantitative estimate of drug-likeness (QED) is 0.740. The van der Waals surface area contributed by atoms with Crippen molar-refractivity contribution < 1.29 is 4.52 Å². The second-order valence-corrected chi connectivity index (χ2v) is 6.81. The van der Waals surface area contributed by atoms with E-state index in [-0.39, 0.29) is 11.0 Å². The molecule has 0 bridgehead atoms. The van der Waals surface area contributed by atoms with Crippen LogP contribution in [-0.4, -0.2) is 19.9 Å². The highest BCUT2D eigenvalue weighted by Crippen LogP contribution is 2.22. The summed E-state index contributed by atoms with van der Waals surface area (Å²) >= 11 is 0. The summed E-state index contributed by atoms with van der Waals surface area (Å²) in [7, 11) is 0. The van der Waals surface area contributed by atoms with Crippen molar-refractivity contribution in [2.75, 3.05) is 0 Å². The maximum absolute atomic E-state index is 12.1. The van der Waals surface area contributed by atoms with Gasteiger partial charge in [0.15, 0.2) is 5.82 Å². The van der Waals surface area contributed by atoms with Gasteiger partial charge < -0.3 is 4.52 Å². The highest BCUT2D eigenvalue weighted by Gasteiger charge is 2.22. The first-order valence-electron chi connectivity index (χ1n) is 7.82. The Bertz CT molecular complexity index is 919. The van der Waals surface area contributed by atoms with Crippen molar-refractivity contribution in [1.82, 2.24) is 19.9 Å². The average Bonchev–Trinajstić information content (AvgIpc) is 3.02. The number of aromatic nitrogens is 4. The van der Waals surface area contributed by atoms with E-state index in [2.05, 4.69) is 15.2 Å². The lowest BCUT2D eigenvalue weighted by Crippen LogP contribution is -2.23. The summed E-state index contributed by atoms with van der Waals surface area (Å²) in [6.45, 7) is 8.44. The molecule has 0 N–H and O–H groups in total. The molecule has 0 aliphatic carbocycles. The van der Waals surface area contributed by atoms with Gasteiger partial charge in [-0.25, -0.2) is 4.68 Å². The van der Waals surface area contributed by atoms with Gasteiger partial charge in [-0.2, -0.15) is 10.1 Å². The van der Waals surface area contributed by atoms with Gasteiger partial charge in [-0.05, 0) is 24.1 Å². The van der Waals surface area contributed by atoms with Crippen LogP contribution in [0.25, 0.3) is 11.6 Å². The lowest BCUT2D eigenvalue weighted by molar-refractivity contribution is 0.400. The standard InChI is InChI=1S/C18H20N4O2/c1-12-7-5-6-8-13(12)11-22-15(23)10-9-14(20-22)16-19-17(21-24-16)18(2,3)4/h5-10H,11H2,1-4H3. The zero-order chi connectivity index (χ0) is 17.3. The summed E-state index contributed by atoms with van der Waals surface area (Å²) in [5.41, 5.74) is 2.27. The highest BCUT2D eigenvalue weighted by molar-refractivity contribution is 5.45. The van der Waals surface area contributed by atoms with Gasteiger partial charge in [-0.3, -0.25) is 4.79 Å². The van der Waals surface area contributed by atoms with Gasteiger partial charge in [-0.1, -0.05) is 50.2 Å². The van der Waals surface area contributed by atoms with Gasteiger partial charge >= 0.3 is 0 Å². The lowest BCUT2D eigenvalue weighted by Gasteiger charge is -2.10. The van der Waals surface area contributed by atoms with Crippen LogP contribution in [0.2, 0.25) is 0 Å². The number of hydrogen-bond acceptors (Lipinski definition) is 5. The van der Waals surface area contributed by atoms with Crippen molar-refractivity contribution in [1.29, 1.82) is 0 Å². The molecule has 6 nitrogen and oxygen atoms in total. The molecule has 2 heterocycles. The maximum atomic E-state index is 12.1.